The number of ether oxygens (including phenoxy) is 5. The Labute approximate surface area is 173 Å². The molecular formula is C22H22O8. The lowest BCUT2D eigenvalue weighted by Crippen LogP contribution is -2.11. The predicted octanol–water partition coefficient (Wildman–Crippen LogP) is 3.78. The highest BCUT2D eigenvalue weighted by molar-refractivity contribution is 6.05. The highest BCUT2D eigenvalue weighted by Crippen LogP contribution is 2.31. The fourth-order valence-corrected chi connectivity index (χ4v) is 2.94. The summed E-state index contributed by atoms with van der Waals surface area (Å²) >= 11 is 0. The van der Waals surface area contributed by atoms with Gasteiger partial charge in [-0.1, -0.05) is 0 Å². The lowest BCUT2D eigenvalue weighted by atomic mass is 10.1. The number of hydrogen-bond acceptors (Lipinski definition) is 8. The van der Waals surface area contributed by atoms with E-state index in [9.17, 15) is 9.59 Å². The van der Waals surface area contributed by atoms with Crippen molar-refractivity contribution in [2.45, 2.75) is 6.92 Å². The van der Waals surface area contributed by atoms with E-state index in [1.165, 1.54) is 21.3 Å². The number of fused-ring (bicyclic) bond motifs is 1. The number of hydrogen-bond donors (Lipinski definition) is 0. The first-order valence-corrected chi connectivity index (χ1v) is 9.12. The van der Waals surface area contributed by atoms with Crippen molar-refractivity contribution in [2.24, 2.45) is 0 Å². The third kappa shape index (κ3) is 4.38. The van der Waals surface area contributed by atoms with Crippen LogP contribution in [0, 0.1) is 6.92 Å². The normalized spacial score (nSPS) is 10.7. The summed E-state index contributed by atoms with van der Waals surface area (Å²) in [4.78, 5) is 25.1. The Balaban J connectivity index is 1.88. The third-order valence-electron chi connectivity index (χ3n) is 4.40. The molecule has 1 aromatic heterocycles. The highest BCUT2D eigenvalue weighted by atomic mass is 16.6. The molecule has 3 rings (SSSR count). The molecule has 0 fully saturated rings. The Hall–Kier alpha value is -3.52. The number of carbonyl (C=O) groups is 2. The van der Waals surface area contributed by atoms with Crippen molar-refractivity contribution in [1.29, 1.82) is 0 Å². The van der Waals surface area contributed by atoms with Gasteiger partial charge < -0.3 is 28.1 Å². The van der Waals surface area contributed by atoms with Gasteiger partial charge in [0.05, 0.1) is 20.8 Å². The maximum absolute atomic E-state index is 12.7. The van der Waals surface area contributed by atoms with Crippen LogP contribution in [0.1, 0.15) is 26.5 Å². The molecule has 0 aliphatic heterocycles. The van der Waals surface area contributed by atoms with E-state index in [1.807, 2.05) is 0 Å². The molecule has 8 heteroatoms. The molecule has 30 heavy (non-hydrogen) atoms. The van der Waals surface area contributed by atoms with Gasteiger partial charge in [-0.15, -0.1) is 0 Å². The molecule has 158 valence electrons. The molecule has 0 spiro atoms. The summed E-state index contributed by atoms with van der Waals surface area (Å²) in [5.74, 6) is 0.379. The molecule has 0 bridgehead atoms. The first-order valence-electron chi connectivity index (χ1n) is 9.12. The summed E-state index contributed by atoms with van der Waals surface area (Å²) < 4.78 is 31.6. The number of esters is 2. The molecule has 0 amide bonds. The number of methoxy groups -OCH3 is 3. The summed E-state index contributed by atoms with van der Waals surface area (Å²) in [6.07, 6.45) is 0. The summed E-state index contributed by atoms with van der Waals surface area (Å²) in [5.41, 5.74) is 0.995. The zero-order valence-corrected chi connectivity index (χ0v) is 17.1. The largest absolute Gasteiger partial charge is 0.497 e. The molecule has 0 radical (unpaired) electrons. The summed E-state index contributed by atoms with van der Waals surface area (Å²) in [7, 11) is 4.49. The second kappa shape index (κ2) is 9.32. The first kappa shape index (κ1) is 21.2. The topological polar surface area (TPSA) is 93.4 Å². The number of rotatable bonds is 8. The quantitative estimate of drug-likeness (QED) is 0.312. The van der Waals surface area contributed by atoms with Gasteiger partial charge in [-0.2, -0.15) is 0 Å². The minimum atomic E-state index is -0.613. The van der Waals surface area contributed by atoms with Gasteiger partial charge in [0.15, 0.2) is 0 Å². The summed E-state index contributed by atoms with van der Waals surface area (Å²) in [6, 6.07) is 9.55. The first-order chi connectivity index (χ1) is 14.5. The van der Waals surface area contributed by atoms with E-state index in [4.69, 9.17) is 28.1 Å². The van der Waals surface area contributed by atoms with Crippen LogP contribution in [0.4, 0.5) is 0 Å². The average molecular weight is 414 g/mol. The van der Waals surface area contributed by atoms with E-state index < -0.39 is 11.9 Å². The van der Waals surface area contributed by atoms with E-state index in [0.29, 0.717) is 28.2 Å². The molecule has 0 atom stereocenters. The zero-order valence-electron chi connectivity index (χ0n) is 17.1. The van der Waals surface area contributed by atoms with Gasteiger partial charge in [0, 0.05) is 18.6 Å². The van der Waals surface area contributed by atoms with Crippen molar-refractivity contribution in [3.8, 4) is 17.2 Å². The minimum absolute atomic E-state index is 0.118. The van der Waals surface area contributed by atoms with E-state index >= 15 is 0 Å². The molecule has 2 aromatic carbocycles. The van der Waals surface area contributed by atoms with Crippen molar-refractivity contribution < 1.29 is 37.7 Å². The monoisotopic (exact) mass is 414 g/mol. The average Bonchev–Trinajstić information content (AvgIpc) is 3.08. The lowest BCUT2D eigenvalue weighted by molar-refractivity contribution is 0.0388. The van der Waals surface area contributed by atoms with Gasteiger partial charge in [0.25, 0.3) is 0 Å². The van der Waals surface area contributed by atoms with E-state index in [-0.39, 0.29) is 30.1 Å². The molecule has 0 saturated carbocycles. The van der Waals surface area contributed by atoms with Crippen molar-refractivity contribution >= 4 is 22.9 Å². The van der Waals surface area contributed by atoms with Crippen LogP contribution in [0.15, 0.2) is 40.8 Å². The highest BCUT2D eigenvalue weighted by Gasteiger charge is 2.21. The number of carbonyl (C=O) groups excluding carboxylic acids is 2. The Morgan fingerprint density at radius 3 is 2.37 bits per heavy atom. The van der Waals surface area contributed by atoms with Gasteiger partial charge in [-0.3, -0.25) is 0 Å². The molecule has 3 aromatic rings. The maximum Gasteiger partial charge on any atom is 0.347 e. The van der Waals surface area contributed by atoms with Gasteiger partial charge >= 0.3 is 11.9 Å². The Morgan fingerprint density at radius 2 is 1.67 bits per heavy atom. The minimum Gasteiger partial charge on any atom is -0.497 e. The second-order valence-corrected chi connectivity index (χ2v) is 6.28. The Kier molecular flexibility index (Phi) is 6.58. The van der Waals surface area contributed by atoms with Gasteiger partial charge in [0.1, 0.15) is 46.3 Å². The number of benzene rings is 2. The smallest absolute Gasteiger partial charge is 0.347 e. The van der Waals surface area contributed by atoms with Crippen molar-refractivity contribution in [3.63, 3.8) is 0 Å². The Morgan fingerprint density at radius 1 is 0.900 bits per heavy atom. The van der Waals surface area contributed by atoms with Crippen LogP contribution in [0.25, 0.3) is 11.0 Å². The number of furan rings is 1. The molecular weight excluding hydrogens is 392 g/mol. The van der Waals surface area contributed by atoms with Crippen LogP contribution < -0.4 is 14.2 Å². The third-order valence-corrected chi connectivity index (χ3v) is 4.40. The molecule has 0 N–H and O–H groups in total. The fraction of sp³-hybridized carbons (Fsp3) is 0.273. The summed E-state index contributed by atoms with van der Waals surface area (Å²) in [5, 5.41) is 0.488. The standard InChI is InChI=1S/C22H22O8/c1-13-20(22(24)28-10-9-25-2)17-11-15(6-8-18(17)29-13)30-21(23)16-7-5-14(26-3)12-19(16)27-4/h5-8,11-12H,9-10H2,1-4H3. The molecule has 8 nitrogen and oxygen atoms in total. The fourth-order valence-electron chi connectivity index (χ4n) is 2.94. The predicted molar refractivity (Wildman–Crippen MR) is 108 cm³/mol. The van der Waals surface area contributed by atoms with Gasteiger partial charge in [-0.05, 0) is 37.3 Å². The molecule has 0 aliphatic rings. The van der Waals surface area contributed by atoms with Crippen molar-refractivity contribution in [1.82, 2.24) is 0 Å². The van der Waals surface area contributed by atoms with E-state index in [2.05, 4.69) is 0 Å². The maximum atomic E-state index is 12.7. The zero-order chi connectivity index (χ0) is 21.7. The molecule has 1 heterocycles. The molecule has 0 unspecified atom stereocenters. The van der Waals surface area contributed by atoms with Crippen LogP contribution >= 0.6 is 0 Å². The van der Waals surface area contributed by atoms with Crippen LogP contribution in [0.2, 0.25) is 0 Å². The van der Waals surface area contributed by atoms with Crippen LogP contribution in [-0.4, -0.2) is 46.5 Å². The second-order valence-electron chi connectivity index (χ2n) is 6.28. The van der Waals surface area contributed by atoms with Gasteiger partial charge in [0.2, 0.25) is 0 Å². The molecule has 0 aliphatic carbocycles. The van der Waals surface area contributed by atoms with Crippen LogP contribution in [0.5, 0.6) is 17.2 Å². The SMILES string of the molecule is COCCOC(=O)c1c(C)oc2ccc(OC(=O)c3ccc(OC)cc3OC)cc12. The van der Waals surface area contributed by atoms with E-state index in [0.717, 1.165) is 0 Å². The van der Waals surface area contributed by atoms with E-state index in [1.54, 1.807) is 43.3 Å². The van der Waals surface area contributed by atoms with Crippen molar-refractivity contribution in [2.75, 3.05) is 34.5 Å². The Bertz CT molecular complexity index is 1070. The van der Waals surface area contributed by atoms with Gasteiger partial charge in [-0.25, -0.2) is 9.59 Å². The van der Waals surface area contributed by atoms with Crippen molar-refractivity contribution in [3.05, 3.63) is 53.3 Å². The summed E-state index contributed by atoms with van der Waals surface area (Å²) in [6.45, 7) is 2.07. The van der Waals surface area contributed by atoms with Crippen LogP contribution in [0.3, 0.4) is 0 Å². The number of aryl methyl sites for hydroxylation is 1. The lowest BCUT2D eigenvalue weighted by Gasteiger charge is -2.10. The van der Waals surface area contributed by atoms with Crippen LogP contribution in [-0.2, 0) is 9.47 Å². The molecule has 0 saturated heterocycles.